The smallest absolute Gasteiger partial charge is 0.392 e. The molecule has 0 amide bonds. The van der Waals surface area contributed by atoms with Crippen LogP contribution in [0.2, 0.25) is 0 Å². The van der Waals surface area contributed by atoms with Crippen molar-refractivity contribution in [3.8, 4) is 0 Å². The number of rotatable bonds is 3. The lowest BCUT2D eigenvalue weighted by Crippen LogP contribution is -2.37. The molecule has 0 aromatic carbocycles. The number of halogens is 4. The van der Waals surface area contributed by atoms with E-state index in [0.717, 1.165) is 0 Å². The minimum Gasteiger partial charge on any atom is -0.393 e. The topological polar surface area (TPSA) is 40.5 Å². The van der Waals surface area contributed by atoms with Gasteiger partial charge in [0.05, 0.1) is 19.6 Å². The van der Waals surface area contributed by atoms with Gasteiger partial charge < -0.3 is 10.2 Å². The lowest BCUT2D eigenvalue weighted by atomic mass is 10.0. The fourth-order valence-electron chi connectivity index (χ4n) is 0.521. The van der Waals surface area contributed by atoms with Gasteiger partial charge in [-0.3, -0.25) is 0 Å². The van der Waals surface area contributed by atoms with E-state index in [-0.39, 0.29) is 0 Å². The summed E-state index contributed by atoms with van der Waals surface area (Å²) < 4.78 is 46.9. The van der Waals surface area contributed by atoms with Gasteiger partial charge in [-0.15, -0.1) is 0 Å². The number of hydrogen-bond acceptors (Lipinski definition) is 2. The Morgan fingerprint density at radius 2 is 1.27 bits per heavy atom. The Morgan fingerprint density at radius 3 is 1.36 bits per heavy atom. The molecule has 0 aromatic heterocycles. The van der Waals surface area contributed by atoms with Gasteiger partial charge in [-0.25, -0.2) is 4.39 Å². The number of hydrogen-bond donors (Lipinski definition) is 2. The first-order valence-corrected chi connectivity index (χ1v) is 2.80. The predicted molar refractivity (Wildman–Crippen MR) is 28.7 cm³/mol. The molecule has 6 heteroatoms. The molecule has 68 valence electrons. The average molecular weight is 176 g/mol. The van der Waals surface area contributed by atoms with Crippen molar-refractivity contribution in [3.63, 3.8) is 0 Å². The van der Waals surface area contributed by atoms with Gasteiger partial charge >= 0.3 is 6.18 Å². The molecule has 2 N–H and O–H groups in total. The zero-order valence-corrected chi connectivity index (χ0v) is 5.53. The van der Waals surface area contributed by atoms with Gasteiger partial charge in [-0.1, -0.05) is 0 Å². The summed E-state index contributed by atoms with van der Waals surface area (Å²) in [5.41, 5.74) is -2.95. The van der Waals surface area contributed by atoms with Crippen LogP contribution in [0.25, 0.3) is 0 Å². The Kier molecular flexibility index (Phi) is 3.25. The zero-order valence-electron chi connectivity index (χ0n) is 5.53. The van der Waals surface area contributed by atoms with Crippen LogP contribution >= 0.6 is 0 Å². The maximum atomic E-state index is 12.5. The molecular formula is C5H8F4O2. The fourth-order valence-corrected chi connectivity index (χ4v) is 0.521. The minimum absolute atomic E-state index is 1.33. The van der Waals surface area contributed by atoms with Crippen LogP contribution in [-0.2, 0) is 0 Å². The normalized spacial score (nSPS) is 13.6. The Labute approximate surface area is 60.4 Å². The van der Waals surface area contributed by atoms with Gasteiger partial charge in [-0.2, -0.15) is 13.2 Å². The van der Waals surface area contributed by atoms with Crippen molar-refractivity contribution in [2.75, 3.05) is 13.2 Å². The van der Waals surface area contributed by atoms with Crippen molar-refractivity contribution in [2.24, 2.45) is 0 Å². The van der Waals surface area contributed by atoms with E-state index in [0.29, 0.717) is 0 Å². The van der Waals surface area contributed by atoms with Crippen LogP contribution in [0.15, 0.2) is 0 Å². The van der Waals surface area contributed by atoms with Gasteiger partial charge in [-0.05, 0) is 0 Å². The molecule has 0 heterocycles. The molecule has 0 aliphatic rings. The molecule has 0 aliphatic carbocycles. The van der Waals surface area contributed by atoms with E-state index < -0.39 is 31.5 Å². The zero-order chi connectivity index (χ0) is 9.12. The maximum Gasteiger partial charge on any atom is 0.392 e. The van der Waals surface area contributed by atoms with Crippen molar-refractivity contribution >= 4 is 0 Å². The SMILES string of the molecule is OCC(F)(CO)CC(F)(F)F. The quantitative estimate of drug-likeness (QED) is 0.619. The number of alkyl halides is 4. The van der Waals surface area contributed by atoms with Crippen LogP contribution in [0.5, 0.6) is 0 Å². The van der Waals surface area contributed by atoms with Crippen molar-refractivity contribution in [1.82, 2.24) is 0 Å². The third-order valence-corrected chi connectivity index (χ3v) is 1.08. The first-order chi connectivity index (χ1) is 4.83. The van der Waals surface area contributed by atoms with Crippen LogP contribution < -0.4 is 0 Å². The summed E-state index contributed by atoms with van der Waals surface area (Å²) in [4.78, 5) is 0. The van der Waals surface area contributed by atoms with Gasteiger partial charge in [0.15, 0.2) is 5.67 Å². The van der Waals surface area contributed by atoms with Crippen molar-refractivity contribution in [3.05, 3.63) is 0 Å². The van der Waals surface area contributed by atoms with Crippen LogP contribution in [0.4, 0.5) is 17.6 Å². The van der Waals surface area contributed by atoms with Crippen LogP contribution in [-0.4, -0.2) is 35.3 Å². The summed E-state index contributed by atoms with van der Waals surface area (Å²) in [6, 6.07) is 0. The molecule has 0 atom stereocenters. The van der Waals surface area contributed by atoms with Crippen LogP contribution in [0, 0.1) is 0 Å². The molecule has 0 aromatic rings. The highest BCUT2D eigenvalue weighted by molar-refractivity contribution is 4.80. The molecule has 0 saturated heterocycles. The van der Waals surface area contributed by atoms with Crippen LogP contribution in [0.3, 0.4) is 0 Å². The molecule has 0 aliphatic heterocycles. The minimum atomic E-state index is -4.71. The van der Waals surface area contributed by atoms with Crippen molar-refractivity contribution in [1.29, 1.82) is 0 Å². The van der Waals surface area contributed by atoms with E-state index in [9.17, 15) is 17.6 Å². The Balaban J connectivity index is 4.08. The third kappa shape index (κ3) is 4.15. The second kappa shape index (κ2) is 3.36. The highest BCUT2D eigenvalue weighted by Gasteiger charge is 2.42. The Bertz CT molecular complexity index is 118. The first kappa shape index (κ1) is 10.6. The van der Waals surface area contributed by atoms with Crippen molar-refractivity contribution in [2.45, 2.75) is 18.3 Å². The fraction of sp³-hybridized carbons (Fsp3) is 1.00. The summed E-state index contributed by atoms with van der Waals surface area (Å²) in [5.74, 6) is 0. The lowest BCUT2D eigenvalue weighted by Gasteiger charge is -2.21. The Morgan fingerprint density at radius 1 is 0.909 bits per heavy atom. The molecule has 11 heavy (non-hydrogen) atoms. The number of aliphatic hydroxyl groups excluding tert-OH is 2. The van der Waals surface area contributed by atoms with E-state index in [1.54, 1.807) is 0 Å². The van der Waals surface area contributed by atoms with E-state index >= 15 is 0 Å². The van der Waals surface area contributed by atoms with Gasteiger partial charge in [0.25, 0.3) is 0 Å². The molecule has 0 unspecified atom stereocenters. The van der Waals surface area contributed by atoms with E-state index in [4.69, 9.17) is 10.2 Å². The first-order valence-electron chi connectivity index (χ1n) is 2.80. The van der Waals surface area contributed by atoms with E-state index in [1.165, 1.54) is 0 Å². The summed E-state index contributed by atoms with van der Waals surface area (Å²) in [5, 5.41) is 16.2. The molecule has 0 rings (SSSR count). The van der Waals surface area contributed by atoms with Gasteiger partial charge in [0.1, 0.15) is 0 Å². The van der Waals surface area contributed by atoms with Gasteiger partial charge in [0, 0.05) is 0 Å². The lowest BCUT2D eigenvalue weighted by molar-refractivity contribution is -0.173. The second-order valence-electron chi connectivity index (χ2n) is 2.26. The molecule has 0 fully saturated rings. The Hall–Kier alpha value is -0.360. The molecule has 2 nitrogen and oxygen atoms in total. The summed E-state index contributed by atoms with van der Waals surface area (Å²) in [6.07, 6.45) is -6.53. The predicted octanol–water partition coefficient (Wildman–Crippen LogP) is 0.632. The highest BCUT2D eigenvalue weighted by atomic mass is 19.4. The number of aliphatic hydroxyl groups is 2. The summed E-state index contributed by atoms with van der Waals surface area (Å²) >= 11 is 0. The highest BCUT2D eigenvalue weighted by Crippen LogP contribution is 2.29. The standard InChI is InChI=1S/C5H8F4O2/c6-4(2-10,3-11)1-5(7,8)9/h10-11H,1-3H2. The van der Waals surface area contributed by atoms with Crippen LogP contribution in [0.1, 0.15) is 6.42 Å². The molecular weight excluding hydrogens is 168 g/mol. The monoisotopic (exact) mass is 176 g/mol. The van der Waals surface area contributed by atoms with E-state index in [1.807, 2.05) is 0 Å². The summed E-state index contributed by atoms with van der Waals surface area (Å²) in [7, 11) is 0. The average Bonchev–Trinajstić information content (AvgIpc) is 1.84. The van der Waals surface area contributed by atoms with Gasteiger partial charge in [0.2, 0.25) is 0 Å². The molecule has 0 bridgehead atoms. The maximum absolute atomic E-state index is 12.5. The summed E-state index contributed by atoms with van der Waals surface area (Å²) in [6.45, 7) is -2.66. The van der Waals surface area contributed by atoms with Crippen molar-refractivity contribution < 1.29 is 27.8 Å². The molecule has 0 radical (unpaired) electrons. The molecule has 0 spiro atoms. The largest absolute Gasteiger partial charge is 0.393 e. The van der Waals surface area contributed by atoms with E-state index in [2.05, 4.69) is 0 Å². The molecule has 0 saturated carbocycles. The second-order valence-corrected chi connectivity index (χ2v) is 2.26. The third-order valence-electron chi connectivity index (χ3n) is 1.08.